The average molecular weight is 250 g/mol. The summed E-state index contributed by atoms with van der Waals surface area (Å²) >= 11 is 6.09. The van der Waals surface area contributed by atoms with Gasteiger partial charge in [0.1, 0.15) is 0 Å². The molecule has 3 rings (SSSR count). The van der Waals surface area contributed by atoms with Gasteiger partial charge in [0.25, 0.3) is 0 Å². The van der Waals surface area contributed by atoms with Crippen molar-refractivity contribution in [2.24, 2.45) is 0 Å². The molecule has 0 saturated carbocycles. The summed E-state index contributed by atoms with van der Waals surface area (Å²) in [4.78, 5) is 13.9. The minimum absolute atomic E-state index is 0.00316. The van der Waals surface area contributed by atoms with E-state index in [0.717, 1.165) is 12.8 Å². The van der Waals surface area contributed by atoms with Crippen molar-refractivity contribution in [1.82, 2.24) is 4.90 Å². The standard InChI is InChI=1S/C14H16ClNO/c15-11-8-14(17)16(9-11)13-7-3-5-10-4-1-2-6-12(10)13/h1-2,4,6,11,13H,3,5,7-9H2/t11?,13-/m0/s1. The second kappa shape index (κ2) is 4.34. The molecule has 0 spiro atoms. The van der Waals surface area contributed by atoms with Crippen molar-refractivity contribution in [3.8, 4) is 0 Å². The zero-order chi connectivity index (χ0) is 11.8. The van der Waals surface area contributed by atoms with E-state index >= 15 is 0 Å². The molecule has 17 heavy (non-hydrogen) atoms. The van der Waals surface area contributed by atoms with Crippen molar-refractivity contribution in [3.05, 3.63) is 35.4 Å². The highest BCUT2D eigenvalue weighted by Crippen LogP contribution is 2.37. The molecule has 1 fully saturated rings. The first-order valence-corrected chi connectivity index (χ1v) is 6.70. The van der Waals surface area contributed by atoms with Gasteiger partial charge in [0, 0.05) is 13.0 Å². The lowest BCUT2D eigenvalue weighted by Crippen LogP contribution is -2.32. The Hall–Kier alpha value is -1.02. The molecule has 1 aliphatic heterocycles. The molecule has 1 heterocycles. The van der Waals surface area contributed by atoms with Crippen molar-refractivity contribution < 1.29 is 4.79 Å². The van der Waals surface area contributed by atoms with Crippen LogP contribution in [0.3, 0.4) is 0 Å². The number of fused-ring (bicyclic) bond motifs is 1. The van der Waals surface area contributed by atoms with Gasteiger partial charge in [0.2, 0.25) is 5.91 Å². The maximum absolute atomic E-state index is 11.9. The van der Waals surface area contributed by atoms with Crippen LogP contribution >= 0.6 is 11.6 Å². The van der Waals surface area contributed by atoms with E-state index in [2.05, 4.69) is 24.3 Å². The first-order valence-electron chi connectivity index (χ1n) is 6.27. The molecular weight excluding hydrogens is 234 g/mol. The number of benzene rings is 1. The molecule has 1 amide bonds. The van der Waals surface area contributed by atoms with Crippen molar-refractivity contribution in [2.75, 3.05) is 6.54 Å². The number of rotatable bonds is 1. The largest absolute Gasteiger partial charge is 0.334 e. The molecule has 1 aromatic carbocycles. The van der Waals surface area contributed by atoms with Crippen LogP contribution in [0.25, 0.3) is 0 Å². The van der Waals surface area contributed by atoms with Gasteiger partial charge in [-0.15, -0.1) is 11.6 Å². The number of carbonyl (C=O) groups is 1. The van der Waals surface area contributed by atoms with Crippen LogP contribution < -0.4 is 0 Å². The Morgan fingerprint density at radius 1 is 1.29 bits per heavy atom. The fraction of sp³-hybridized carbons (Fsp3) is 0.500. The third kappa shape index (κ3) is 1.95. The molecule has 0 radical (unpaired) electrons. The summed E-state index contributed by atoms with van der Waals surface area (Å²) in [6.45, 7) is 0.708. The number of halogens is 1. The Morgan fingerprint density at radius 3 is 2.88 bits per heavy atom. The maximum atomic E-state index is 11.9. The number of alkyl halides is 1. The Labute approximate surface area is 107 Å². The lowest BCUT2D eigenvalue weighted by Gasteiger charge is -2.33. The second-order valence-electron chi connectivity index (χ2n) is 4.95. The second-order valence-corrected chi connectivity index (χ2v) is 5.57. The topological polar surface area (TPSA) is 20.3 Å². The third-order valence-electron chi connectivity index (χ3n) is 3.83. The first-order chi connectivity index (χ1) is 8.25. The number of amides is 1. The van der Waals surface area contributed by atoms with Gasteiger partial charge < -0.3 is 4.90 Å². The van der Waals surface area contributed by atoms with Gasteiger partial charge in [-0.25, -0.2) is 0 Å². The van der Waals surface area contributed by atoms with Crippen molar-refractivity contribution in [2.45, 2.75) is 37.1 Å². The zero-order valence-corrected chi connectivity index (χ0v) is 10.5. The van der Waals surface area contributed by atoms with Gasteiger partial charge in [0.05, 0.1) is 11.4 Å². The highest BCUT2D eigenvalue weighted by Gasteiger charge is 2.35. The molecule has 1 aromatic rings. The molecule has 0 aromatic heterocycles. The van der Waals surface area contributed by atoms with E-state index < -0.39 is 0 Å². The van der Waals surface area contributed by atoms with Gasteiger partial charge in [-0.1, -0.05) is 24.3 Å². The van der Waals surface area contributed by atoms with E-state index in [4.69, 9.17) is 11.6 Å². The Kier molecular flexibility index (Phi) is 2.83. The molecule has 0 bridgehead atoms. The molecule has 90 valence electrons. The summed E-state index contributed by atoms with van der Waals surface area (Å²) in [5, 5.41) is -0.00316. The van der Waals surface area contributed by atoms with E-state index in [0.29, 0.717) is 13.0 Å². The minimum Gasteiger partial charge on any atom is -0.334 e. The van der Waals surface area contributed by atoms with Crippen LogP contribution in [0.1, 0.15) is 36.4 Å². The smallest absolute Gasteiger partial charge is 0.224 e. The molecular formula is C14H16ClNO. The maximum Gasteiger partial charge on any atom is 0.224 e. The van der Waals surface area contributed by atoms with Gasteiger partial charge in [-0.05, 0) is 30.4 Å². The summed E-state index contributed by atoms with van der Waals surface area (Å²) in [5.41, 5.74) is 2.73. The zero-order valence-electron chi connectivity index (χ0n) is 9.73. The minimum atomic E-state index is -0.00316. The molecule has 1 aliphatic carbocycles. The lowest BCUT2D eigenvalue weighted by molar-refractivity contribution is -0.130. The molecule has 2 aliphatic rings. The van der Waals surface area contributed by atoms with E-state index in [1.165, 1.54) is 17.5 Å². The van der Waals surface area contributed by atoms with Crippen LogP contribution in [0.4, 0.5) is 0 Å². The summed E-state index contributed by atoms with van der Waals surface area (Å²) in [6, 6.07) is 8.75. The SMILES string of the molecule is O=C1CC(Cl)CN1[C@H]1CCCc2ccccc21. The summed E-state index contributed by atoms with van der Waals surface area (Å²) in [6.07, 6.45) is 3.88. The highest BCUT2D eigenvalue weighted by molar-refractivity contribution is 6.22. The van der Waals surface area contributed by atoms with E-state index in [1.807, 2.05) is 4.90 Å². The van der Waals surface area contributed by atoms with Gasteiger partial charge in [-0.3, -0.25) is 4.79 Å². The van der Waals surface area contributed by atoms with Crippen LogP contribution in [0, 0.1) is 0 Å². The normalized spacial score (nSPS) is 28.3. The van der Waals surface area contributed by atoms with Crippen LogP contribution in [0.15, 0.2) is 24.3 Å². The highest BCUT2D eigenvalue weighted by atomic mass is 35.5. The van der Waals surface area contributed by atoms with E-state index in [9.17, 15) is 4.79 Å². The number of hydrogen-bond donors (Lipinski definition) is 0. The summed E-state index contributed by atoms with van der Waals surface area (Å²) in [7, 11) is 0. The molecule has 2 nitrogen and oxygen atoms in total. The van der Waals surface area contributed by atoms with Crippen molar-refractivity contribution >= 4 is 17.5 Å². The fourth-order valence-corrected chi connectivity index (χ4v) is 3.32. The predicted octanol–water partition coefficient (Wildman–Crippen LogP) is 2.90. The number of likely N-dealkylation sites (tertiary alicyclic amines) is 1. The van der Waals surface area contributed by atoms with Crippen molar-refractivity contribution in [3.63, 3.8) is 0 Å². The number of hydrogen-bond acceptors (Lipinski definition) is 1. The van der Waals surface area contributed by atoms with E-state index in [-0.39, 0.29) is 17.3 Å². The van der Waals surface area contributed by atoms with Gasteiger partial charge in [-0.2, -0.15) is 0 Å². The summed E-state index contributed by atoms with van der Waals surface area (Å²) < 4.78 is 0. The van der Waals surface area contributed by atoms with Crippen LogP contribution in [0.5, 0.6) is 0 Å². The fourth-order valence-electron chi connectivity index (χ4n) is 3.04. The predicted molar refractivity (Wildman–Crippen MR) is 68.1 cm³/mol. The molecule has 3 heteroatoms. The molecule has 1 unspecified atom stereocenters. The molecule has 0 N–H and O–H groups in total. The van der Waals surface area contributed by atoms with E-state index in [1.54, 1.807) is 0 Å². The Bertz CT molecular complexity index is 446. The number of carbonyl (C=O) groups excluding carboxylic acids is 1. The van der Waals surface area contributed by atoms with Gasteiger partial charge >= 0.3 is 0 Å². The van der Waals surface area contributed by atoms with Crippen LogP contribution in [-0.4, -0.2) is 22.7 Å². The average Bonchev–Trinajstić information content (AvgIpc) is 2.68. The van der Waals surface area contributed by atoms with Crippen LogP contribution in [0.2, 0.25) is 0 Å². The first kappa shape index (κ1) is 11.1. The lowest BCUT2D eigenvalue weighted by atomic mass is 9.87. The van der Waals surface area contributed by atoms with Crippen LogP contribution in [-0.2, 0) is 11.2 Å². The quantitative estimate of drug-likeness (QED) is 0.701. The third-order valence-corrected chi connectivity index (χ3v) is 4.12. The monoisotopic (exact) mass is 249 g/mol. The van der Waals surface area contributed by atoms with Gasteiger partial charge in [0.15, 0.2) is 0 Å². The molecule has 2 atom stereocenters. The Balaban J connectivity index is 1.93. The number of aryl methyl sites for hydroxylation is 1. The van der Waals surface area contributed by atoms with Crippen molar-refractivity contribution in [1.29, 1.82) is 0 Å². The summed E-state index contributed by atoms with van der Waals surface area (Å²) in [5.74, 6) is 0.215. The Morgan fingerprint density at radius 2 is 2.12 bits per heavy atom. The molecule has 1 saturated heterocycles. The number of nitrogens with zero attached hydrogens (tertiary/aromatic N) is 1.